The average molecular weight is 308 g/mol. The number of nitrogens with zero attached hydrogens (tertiary/aromatic N) is 3. The lowest BCUT2D eigenvalue weighted by atomic mass is 9.88. The highest BCUT2D eigenvalue weighted by Gasteiger charge is 2.29. The lowest BCUT2D eigenvalue weighted by Crippen LogP contribution is -2.17. The van der Waals surface area contributed by atoms with Crippen molar-refractivity contribution >= 4 is 11.5 Å². The molecule has 0 spiro atoms. The molecule has 0 unspecified atom stereocenters. The monoisotopic (exact) mass is 308 g/mol. The Morgan fingerprint density at radius 3 is 2.55 bits per heavy atom. The van der Waals surface area contributed by atoms with E-state index in [4.69, 9.17) is 4.74 Å². The average Bonchev–Trinajstić information content (AvgIpc) is 2.47. The fraction of sp³-hybridized carbons (Fsp3) is 0.733. The minimum Gasteiger partial charge on any atom is -0.473 e. The molecule has 0 saturated heterocycles. The van der Waals surface area contributed by atoms with Gasteiger partial charge in [0.15, 0.2) is 0 Å². The molecule has 0 bridgehead atoms. The predicted octanol–water partition coefficient (Wildman–Crippen LogP) is 3.65. The third-order valence-corrected chi connectivity index (χ3v) is 3.73. The highest BCUT2D eigenvalue weighted by Crippen LogP contribution is 2.37. The molecule has 122 valence electrons. The molecular formula is C15H24N4O3. The van der Waals surface area contributed by atoms with Gasteiger partial charge in [-0.05, 0) is 33.6 Å². The van der Waals surface area contributed by atoms with Gasteiger partial charge < -0.3 is 10.1 Å². The van der Waals surface area contributed by atoms with E-state index in [1.165, 1.54) is 6.42 Å². The van der Waals surface area contributed by atoms with Crippen LogP contribution in [0.4, 0.5) is 11.5 Å². The van der Waals surface area contributed by atoms with E-state index in [1.54, 1.807) is 6.92 Å². The number of ether oxygens (including phenoxy) is 1. The molecule has 7 heteroatoms. The Labute approximate surface area is 130 Å². The summed E-state index contributed by atoms with van der Waals surface area (Å²) >= 11 is 0. The third-order valence-electron chi connectivity index (χ3n) is 3.73. The van der Waals surface area contributed by atoms with Gasteiger partial charge in [0.25, 0.3) is 5.88 Å². The number of nitrogens with one attached hydrogen (secondary N) is 1. The summed E-state index contributed by atoms with van der Waals surface area (Å²) in [6.07, 6.45) is 5.61. The van der Waals surface area contributed by atoms with Crippen molar-refractivity contribution in [2.45, 2.75) is 64.8 Å². The molecule has 1 fully saturated rings. The van der Waals surface area contributed by atoms with Crippen LogP contribution < -0.4 is 10.1 Å². The summed E-state index contributed by atoms with van der Waals surface area (Å²) < 4.78 is 5.42. The zero-order valence-corrected chi connectivity index (χ0v) is 13.5. The molecule has 0 aliphatic heterocycles. The summed E-state index contributed by atoms with van der Waals surface area (Å²) in [6, 6.07) is 0.0438. The second kappa shape index (κ2) is 7.38. The van der Waals surface area contributed by atoms with Crippen LogP contribution in [0.3, 0.4) is 0 Å². The number of nitro groups is 1. The molecule has 1 N–H and O–H groups in total. The summed E-state index contributed by atoms with van der Waals surface area (Å²) in [4.78, 5) is 19.7. The summed E-state index contributed by atoms with van der Waals surface area (Å²) in [5.74, 6) is 1.27. The number of hydrogen-bond acceptors (Lipinski definition) is 6. The quantitative estimate of drug-likeness (QED) is 0.637. The van der Waals surface area contributed by atoms with Crippen molar-refractivity contribution in [2.75, 3.05) is 11.9 Å². The molecule has 2 rings (SSSR count). The van der Waals surface area contributed by atoms with E-state index in [2.05, 4.69) is 15.3 Å². The summed E-state index contributed by atoms with van der Waals surface area (Å²) in [5.41, 5.74) is -0.171. The van der Waals surface area contributed by atoms with Gasteiger partial charge in [-0.25, -0.2) is 4.98 Å². The summed E-state index contributed by atoms with van der Waals surface area (Å²) in [7, 11) is 0. The largest absolute Gasteiger partial charge is 0.473 e. The molecule has 0 aromatic carbocycles. The molecule has 7 nitrogen and oxygen atoms in total. The maximum atomic E-state index is 11.4. The number of hydrogen-bond donors (Lipinski definition) is 1. The smallest absolute Gasteiger partial charge is 0.372 e. The fourth-order valence-corrected chi connectivity index (χ4v) is 2.77. The van der Waals surface area contributed by atoms with Crippen molar-refractivity contribution in [2.24, 2.45) is 0 Å². The van der Waals surface area contributed by atoms with E-state index in [-0.39, 0.29) is 29.3 Å². The Hall–Kier alpha value is -1.92. The second-order valence-corrected chi connectivity index (χ2v) is 5.91. The van der Waals surface area contributed by atoms with E-state index in [0.29, 0.717) is 12.4 Å². The van der Waals surface area contributed by atoms with Crippen molar-refractivity contribution in [3.8, 4) is 5.88 Å². The van der Waals surface area contributed by atoms with Gasteiger partial charge in [-0.2, -0.15) is 4.98 Å². The van der Waals surface area contributed by atoms with Crippen LogP contribution in [0.1, 0.15) is 64.6 Å². The van der Waals surface area contributed by atoms with Crippen molar-refractivity contribution < 1.29 is 9.66 Å². The second-order valence-electron chi connectivity index (χ2n) is 5.91. The van der Waals surface area contributed by atoms with Gasteiger partial charge in [-0.3, -0.25) is 10.1 Å². The van der Waals surface area contributed by atoms with Gasteiger partial charge in [0.1, 0.15) is 5.82 Å². The Morgan fingerprint density at radius 1 is 1.32 bits per heavy atom. The maximum absolute atomic E-state index is 11.4. The van der Waals surface area contributed by atoms with Gasteiger partial charge in [-0.15, -0.1) is 0 Å². The first-order valence-electron chi connectivity index (χ1n) is 7.98. The molecule has 1 aliphatic carbocycles. The highest BCUT2D eigenvalue weighted by molar-refractivity contribution is 5.62. The number of aromatic nitrogens is 2. The lowest BCUT2D eigenvalue weighted by molar-refractivity contribution is -0.385. The summed E-state index contributed by atoms with van der Waals surface area (Å²) in [6.45, 7) is 5.98. The molecule has 0 atom stereocenters. The van der Waals surface area contributed by atoms with Gasteiger partial charge >= 0.3 is 5.69 Å². The molecule has 22 heavy (non-hydrogen) atoms. The van der Waals surface area contributed by atoms with Gasteiger partial charge in [-0.1, -0.05) is 19.3 Å². The third kappa shape index (κ3) is 3.84. The molecule has 1 saturated carbocycles. The van der Waals surface area contributed by atoms with Crippen LogP contribution in [0, 0.1) is 10.1 Å². The number of rotatable bonds is 6. The van der Waals surface area contributed by atoms with Crippen molar-refractivity contribution in [1.82, 2.24) is 9.97 Å². The van der Waals surface area contributed by atoms with E-state index in [1.807, 2.05) is 13.8 Å². The highest BCUT2D eigenvalue weighted by atomic mass is 16.6. The Morgan fingerprint density at radius 2 is 2.00 bits per heavy atom. The van der Waals surface area contributed by atoms with Crippen LogP contribution in [0.15, 0.2) is 0 Å². The normalized spacial score (nSPS) is 15.8. The van der Waals surface area contributed by atoms with Crippen LogP contribution in [0.2, 0.25) is 0 Å². The first-order chi connectivity index (χ1) is 10.5. The maximum Gasteiger partial charge on any atom is 0.372 e. The molecule has 0 radical (unpaired) electrons. The van der Waals surface area contributed by atoms with Gasteiger partial charge in [0.05, 0.1) is 11.5 Å². The van der Waals surface area contributed by atoms with Crippen LogP contribution in [0.25, 0.3) is 0 Å². The van der Waals surface area contributed by atoms with Crippen molar-refractivity contribution in [3.63, 3.8) is 0 Å². The lowest BCUT2D eigenvalue weighted by Gasteiger charge is -2.21. The molecule has 0 amide bonds. The van der Waals surface area contributed by atoms with E-state index in [0.717, 1.165) is 25.7 Å². The first-order valence-corrected chi connectivity index (χ1v) is 7.98. The van der Waals surface area contributed by atoms with Gasteiger partial charge in [0.2, 0.25) is 5.82 Å². The van der Waals surface area contributed by atoms with Gasteiger partial charge in [0, 0.05) is 12.0 Å². The Kier molecular flexibility index (Phi) is 5.51. The fourth-order valence-electron chi connectivity index (χ4n) is 2.77. The molecule has 1 aromatic heterocycles. The topological polar surface area (TPSA) is 90.2 Å². The molecule has 1 aliphatic rings. The van der Waals surface area contributed by atoms with Crippen LogP contribution >= 0.6 is 0 Å². The Bertz CT molecular complexity index is 528. The minimum absolute atomic E-state index is 0.0438. The first kappa shape index (κ1) is 16.5. The summed E-state index contributed by atoms with van der Waals surface area (Å²) in [5, 5.41) is 14.5. The number of anilines is 1. The molecular weight excluding hydrogens is 284 g/mol. The SMILES string of the molecule is CCOc1nc(C2CCCCC2)nc(NC(C)C)c1[N+](=O)[O-]. The molecule has 1 aromatic rings. The van der Waals surface area contributed by atoms with E-state index >= 15 is 0 Å². The van der Waals surface area contributed by atoms with Crippen molar-refractivity contribution in [1.29, 1.82) is 0 Å². The minimum atomic E-state index is -0.472. The zero-order valence-electron chi connectivity index (χ0n) is 13.5. The van der Waals surface area contributed by atoms with Crippen LogP contribution in [-0.2, 0) is 0 Å². The van der Waals surface area contributed by atoms with Crippen molar-refractivity contribution in [3.05, 3.63) is 15.9 Å². The van der Waals surface area contributed by atoms with Crippen LogP contribution in [0.5, 0.6) is 5.88 Å². The van der Waals surface area contributed by atoms with Crippen LogP contribution in [-0.4, -0.2) is 27.5 Å². The predicted molar refractivity (Wildman–Crippen MR) is 84.4 cm³/mol. The van der Waals surface area contributed by atoms with E-state index < -0.39 is 4.92 Å². The standard InChI is InChI=1S/C15H24N4O3/c1-4-22-15-12(19(20)21)14(16-10(2)3)17-13(18-15)11-8-6-5-7-9-11/h10-11H,4-9H2,1-3H3,(H,16,17,18). The molecule has 1 heterocycles. The van der Waals surface area contributed by atoms with E-state index in [9.17, 15) is 10.1 Å². The Balaban J connectivity index is 2.46. The zero-order chi connectivity index (χ0) is 16.1.